The zero-order chi connectivity index (χ0) is 17.2. The Morgan fingerprint density at radius 3 is 2.40 bits per heavy atom. The summed E-state index contributed by atoms with van der Waals surface area (Å²) >= 11 is 2.02. The first-order chi connectivity index (χ1) is 12.3. The number of thioether (sulfide) groups is 1. The van der Waals surface area contributed by atoms with E-state index in [1.807, 2.05) is 11.8 Å². The highest BCUT2D eigenvalue weighted by Gasteiger charge is 2.62. The second-order valence-electron chi connectivity index (χ2n) is 7.73. The van der Waals surface area contributed by atoms with Gasteiger partial charge in [0.05, 0.1) is 0 Å². The summed E-state index contributed by atoms with van der Waals surface area (Å²) in [6, 6.07) is 21.5. The quantitative estimate of drug-likeness (QED) is 0.601. The molecule has 0 heterocycles. The number of aryl methyl sites for hydroxylation is 1. The molecule has 2 heteroatoms. The molecule has 25 heavy (non-hydrogen) atoms. The number of rotatable bonds is 6. The maximum absolute atomic E-state index is 12.2. The lowest BCUT2D eigenvalue weighted by molar-refractivity contribution is -0.120. The van der Waals surface area contributed by atoms with Gasteiger partial charge in [-0.15, -0.1) is 11.8 Å². The number of hydrogen-bond donors (Lipinski definition) is 0. The highest BCUT2D eigenvalue weighted by Crippen LogP contribution is 2.67. The monoisotopic (exact) mass is 350 g/mol. The summed E-state index contributed by atoms with van der Waals surface area (Å²) in [7, 11) is 0. The van der Waals surface area contributed by atoms with Gasteiger partial charge in [-0.1, -0.05) is 55.0 Å². The third-order valence-corrected chi connectivity index (χ3v) is 8.17. The van der Waals surface area contributed by atoms with Crippen LogP contribution in [0, 0.1) is 10.8 Å². The maximum Gasteiger partial charge on any atom is 0.126 e. The average molecular weight is 351 g/mol. The second kappa shape index (κ2) is 6.99. The number of carbonyl (C=O) groups is 1. The third-order valence-electron chi connectivity index (χ3n) is 6.66. The van der Waals surface area contributed by atoms with Gasteiger partial charge in [0.25, 0.3) is 0 Å². The lowest BCUT2D eigenvalue weighted by atomic mass is 9.66. The molecule has 0 aromatic heterocycles. The first-order valence-corrected chi connectivity index (χ1v) is 10.4. The molecule has 0 bridgehead atoms. The van der Waals surface area contributed by atoms with Gasteiger partial charge in [0.2, 0.25) is 0 Å². The van der Waals surface area contributed by atoms with Gasteiger partial charge in [-0.25, -0.2) is 0 Å². The molecule has 0 unspecified atom stereocenters. The van der Waals surface area contributed by atoms with Crippen molar-refractivity contribution in [1.82, 2.24) is 0 Å². The van der Waals surface area contributed by atoms with E-state index in [4.69, 9.17) is 0 Å². The van der Waals surface area contributed by atoms with Crippen LogP contribution < -0.4 is 0 Å². The first kappa shape index (κ1) is 16.9. The average Bonchev–Trinajstić information content (AvgIpc) is 3.17. The molecule has 4 rings (SSSR count). The molecule has 2 aromatic carbocycles. The van der Waals surface area contributed by atoms with E-state index in [0.717, 1.165) is 25.7 Å². The molecule has 0 saturated heterocycles. The van der Waals surface area contributed by atoms with Gasteiger partial charge in [-0.2, -0.15) is 0 Å². The molecule has 0 radical (unpaired) electrons. The van der Waals surface area contributed by atoms with E-state index in [2.05, 4.69) is 60.7 Å². The van der Waals surface area contributed by atoms with E-state index < -0.39 is 0 Å². The van der Waals surface area contributed by atoms with Gasteiger partial charge in [-0.05, 0) is 61.6 Å². The predicted molar refractivity (Wildman–Crippen MR) is 105 cm³/mol. The summed E-state index contributed by atoms with van der Waals surface area (Å²) in [5.74, 6) is 0. The smallest absolute Gasteiger partial charge is 0.126 e. The van der Waals surface area contributed by atoms with Crippen molar-refractivity contribution >= 4 is 18.0 Å². The maximum atomic E-state index is 12.2. The van der Waals surface area contributed by atoms with Gasteiger partial charge in [0, 0.05) is 15.6 Å². The molecule has 2 fully saturated rings. The van der Waals surface area contributed by atoms with Crippen LogP contribution in [0.25, 0.3) is 0 Å². The number of aldehydes is 1. The topological polar surface area (TPSA) is 17.1 Å². The Morgan fingerprint density at radius 2 is 1.68 bits per heavy atom. The van der Waals surface area contributed by atoms with Crippen molar-refractivity contribution in [2.45, 2.75) is 55.1 Å². The Morgan fingerprint density at radius 1 is 0.960 bits per heavy atom. The standard InChI is InChI=1S/C23H26OS/c24-18-22-14-7-15-23(22,17-12-19-8-3-1-4-9-19)21(13-16-22)25-20-10-5-2-6-11-20/h1-6,8-11,18,21H,7,12-17H2/t21-,22+,23+/m0/s1. The fourth-order valence-corrected chi connectivity index (χ4v) is 6.93. The molecule has 2 aromatic rings. The zero-order valence-corrected chi connectivity index (χ0v) is 15.5. The van der Waals surface area contributed by atoms with E-state index in [0.29, 0.717) is 5.25 Å². The van der Waals surface area contributed by atoms with Gasteiger partial charge < -0.3 is 4.79 Å². The molecule has 0 spiro atoms. The molecule has 1 nitrogen and oxygen atoms in total. The van der Waals surface area contributed by atoms with E-state index >= 15 is 0 Å². The summed E-state index contributed by atoms with van der Waals surface area (Å²) in [6.07, 6.45) is 9.33. The summed E-state index contributed by atoms with van der Waals surface area (Å²) in [4.78, 5) is 13.6. The second-order valence-corrected chi connectivity index (χ2v) is 9.00. The molecule has 0 amide bonds. The van der Waals surface area contributed by atoms with Crippen LogP contribution in [0.2, 0.25) is 0 Å². The molecule has 130 valence electrons. The van der Waals surface area contributed by atoms with Crippen LogP contribution in [0.5, 0.6) is 0 Å². The number of hydrogen-bond acceptors (Lipinski definition) is 2. The van der Waals surface area contributed by atoms with Crippen molar-refractivity contribution < 1.29 is 4.79 Å². The SMILES string of the molecule is O=C[C@]12CCC[C@@]1(CCc1ccccc1)[C@@H](Sc1ccccc1)CC2. The van der Waals surface area contributed by atoms with E-state index in [-0.39, 0.29) is 10.8 Å². The van der Waals surface area contributed by atoms with Crippen LogP contribution in [0.3, 0.4) is 0 Å². The van der Waals surface area contributed by atoms with Gasteiger partial charge in [0.15, 0.2) is 0 Å². The van der Waals surface area contributed by atoms with Gasteiger partial charge in [0.1, 0.15) is 6.29 Å². The van der Waals surface area contributed by atoms with Crippen LogP contribution in [0.4, 0.5) is 0 Å². The van der Waals surface area contributed by atoms with Crippen molar-refractivity contribution in [3.05, 3.63) is 66.2 Å². The Balaban J connectivity index is 1.61. The molecular formula is C23H26OS. The highest BCUT2D eigenvalue weighted by atomic mass is 32.2. The predicted octanol–water partition coefficient (Wildman–Crippen LogP) is 5.93. The molecule has 2 saturated carbocycles. The largest absolute Gasteiger partial charge is 0.303 e. The first-order valence-electron chi connectivity index (χ1n) is 9.50. The van der Waals surface area contributed by atoms with E-state index in [9.17, 15) is 4.79 Å². The summed E-state index contributed by atoms with van der Waals surface area (Å²) in [5.41, 5.74) is 1.50. The number of carbonyl (C=O) groups excluding carboxylic acids is 1. The molecule has 0 aliphatic heterocycles. The molecule has 0 N–H and O–H groups in total. The van der Waals surface area contributed by atoms with Gasteiger partial charge >= 0.3 is 0 Å². The van der Waals surface area contributed by atoms with Crippen molar-refractivity contribution in [1.29, 1.82) is 0 Å². The Kier molecular flexibility index (Phi) is 4.73. The minimum absolute atomic E-state index is 0.0752. The van der Waals surface area contributed by atoms with Crippen LogP contribution in [0.15, 0.2) is 65.6 Å². The number of benzene rings is 2. The summed E-state index contributed by atoms with van der Waals surface area (Å²) in [5, 5.41) is 0.561. The molecule has 3 atom stereocenters. The van der Waals surface area contributed by atoms with Gasteiger partial charge in [-0.3, -0.25) is 0 Å². The van der Waals surface area contributed by atoms with Crippen LogP contribution >= 0.6 is 11.8 Å². The van der Waals surface area contributed by atoms with Crippen molar-refractivity contribution in [3.8, 4) is 0 Å². The Hall–Kier alpha value is -1.54. The Bertz CT molecular complexity index is 713. The zero-order valence-electron chi connectivity index (χ0n) is 14.7. The minimum Gasteiger partial charge on any atom is -0.303 e. The van der Waals surface area contributed by atoms with Crippen molar-refractivity contribution in [3.63, 3.8) is 0 Å². The lowest BCUT2D eigenvalue weighted by Crippen LogP contribution is -2.40. The summed E-state index contributed by atoms with van der Waals surface area (Å²) < 4.78 is 0. The van der Waals surface area contributed by atoms with Crippen LogP contribution in [-0.2, 0) is 11.2 Å². The number of fused-ring (bicyclic) bond motifs is 1. The summed E-state index contributed by atoms with van der Waals surface area (Å²) in [6.45, 7) is 0. The third kappa shape index (κ3) is 2.95. The lowest BCUT2D eigenvalue weighted by Gasteiger charge is -2.41. The minimum atomic E-state index is -0.0752. The highest BCUT2D eigenvalue weighted by molar-refractivity contribution is 8.00. The van der Waals surface area contributed by atoms with E-state index in [1.165, 1.54) is 36.0 Å². The normalized spacial score (nSPS) is 31.0. The fourth-order valence-electron chi connectivity index (χ4n) is 5.35. The van der Waals surface area contributed by atoms with Crippen LogP contribution in [-0.4, -0.2) is 11.5 Å². The van der Waals surface area contributed by atoms with Crippen molar-refractivity contribution in [2.24, 2.45) is 10.8 Å². The van der Waals surface area contributed by atoms with E-state index in [1.54, 1.807) is 0 Å². The Labute approximate surface area is 155 Å². The molecule has 2 aliphatic rings. The van der Waals surface area contributed by atoms with Crippen LogP contribution in [0.1, 0.15) is 44.1 Å². The molecular weight excluding hydrogens is 324 g/mol. The fraction of sp³-hybridized carbons (Fsp3) is 0.435. The van der Waals surface area contributed by atoms with Crippen molar-refractivity contribution in [2.75, 3.05) is 0 Å². The molecule has 2 aliphatic carbocycles.